The third kappa shape index (κ3) is 6.38. The molecule has 1 N–H and O–H groups in total. The van der Waals surface area contributed by atoms with Crippen molar-refractivity contribution in [2.24, 2.45) is 11.8 Å². The van der Waals surface area contributed by atoms with Crippen LogP contribution in [-0.4, -0.2) is 41.5 Å². The molecule has 1 saturated heterocycles. The van der Waals surface area contributed by atoms with Crippen molar-refractivity contribution in [3.8, 4) is 5.69 Å². The molecule has 0 bridgehead atoms. The molecule has 1 aliphatic heterocycles. The third-order valence-electron chi connectivity index (χ3n) is 6.35. The zero-order chi connectivity index (χ0) is 24.8. The van der Waals surface area contributed by atoms with E-state index < -0.39 is 10.0 Å². The average Bonchev–Trinajstić information content (AvgIpc) is 3.26. The Morgan fingerprint density at radius 1 is 1.03 bits per heavy atom. The number of carbonyl (C=O) groups is 1. The lowest BCUT2D eigenvalue weighted by molar-refractivity contribution is -0.122. The van der Waals surface area contributed by atoms with Gasteiger partial charge in [-0.1, -0.05) is 50.2 Å². The number of piperidine rings is 1. The van der Waals surface area contributed by atoms with Crippen molar-refractivity contribution >= 4 is 15.9 Å². The first-order valence-corrected chi connectivity index (χ1v) is 13.7. The van der Waals surface area contributed by atoms with Crippen LogP contribution in [0.2, 0.25) is 0 Å². The summed E-state index contributed by atoms with van der Waals surface area (Å²) in [5, 5.41) is 7.76. The molecule has 1 aliphatic rings. The molecule has 8 heteroatoms. The molecule has 7 nitrogen and oxygen atoms in total. The molecule has 35 heavy (non-hydrogen) atoms. The largest absolute Gasteiger partial charge is 0.350 e. The highest BCUT2D eigenvalue weighted by Crippen LogP contribution is 2.25. The van der Waals surface area contributed by atoms with Crippen molar-refractivity contribution in [3.05, 3.63) is 78.1 Å². The van der Waals surface area contributed by atoms with E-state index in [2.05, 4.69) is 25.2 Å². The summed E-state index contributed by atoms with van der Waals surface area (Å²) in [6.07, 6.45) is 2.67. The summed E-state index contributed by atoms with van der Waals surface area (Å²) in [5.74, 6) is 0.651. The van der Waals surface area contributed by atoms with Crippen LogP contribution < -0.4 is 5.32 Å². The second-order valence-corrected chi connectivity index (χ2v) is 11.6. The Hall–Kier alpha value is -2.97. The first-order chi connectivity index (χ1) is 16.8. The number of aromatic nitrogens is 2. The third-order valence-corrected chi connectivity index (χ3v) is 8.26. The lowest BCUT2D eigenvalue weighted by atomic mass is 9.94. The molecule has 0 radical (unpaired) electrons. The van der Waals surface area contributed by atoms with Gasteiger partial charge in [-0.15, -0.1) is 0 Å². The fourth-order valence-corrected chi connectivity index (χ4v) is 6.03. The minimum absolute atomic E-state index is 0.0194. The molecule has 3 aromatic rings. The van der Waals surface area contributed by atoms with Gasteiger partial charge in [-0.05, 0) is 61.4 Å². The minimum Gasteiger partial charge on any atom is -0.350 e. The van der Waals surface area contributed by atoms with E-state index in [9.17, 15) is 13.2 Å². The van der Waals surface area contributed by atoms with Gasteiger partial charge in [-0.25, -0.2) is 13.1 Å². The van der Waals surface area contributed by atoms with Gasteiger partial charge in [-0.3, -0.25) is 4.79 Å². The average molecular weight is 495 g/mol. The Balaban J connectivity index is 1.30. The quantitative estimate of drug-likeness (QED) is 0.484. The smallest absolute Gasteiger partial charge is 0.243 e. The first-order valence-electron chi connectivity index (χ1n) is 12.3. The van der Waals surface area contributed by atoms with Crippen LogP contribution in [-0.2, 0) is 27.8 Å². The van der Waals surface area contributed by atoms with E-state index >= 15 is 0 Å². The van der Waals surface area contributed by atoms with Crippen molar-refractivity contribution in [3.63, 3.8) is 0 Å². The summed E-state index contributed by atoms with van der Waals surface area (Å²) in [4.78, 5) is 13.0. The monoisotopic (exact) mass is 494 g/mol. The maximum Gasteiger partial charge on any atom is 0.243 e. The van der Waals surface area contributed by atoms with Crippen LogP contribution in [0.15, 0.2) is 71.6 Å². The van der Waals surface area contributed by atoms with E-state index in [0.29, 0.717) is 49.7 Å². The summed E-state index contributed by atoms with van der Waals surface area (Å²) < 4.78 is 29.1. The summed E-state index contributed by atoms with van der Waals surface area (Å²) in [5.41, 5.74) is 2.97. The Labute approximate surface area is 208 Å². The molecule has 0 spiro atoms. The summed E-state index contributed by atoms with van der Waals surface area (Å²) in [6, 6.07) is 20.6. The van der Waals surface area contributed by atoms with Gasteiger partial charge in [0.25, 0.3) is 0 Å². The number of carbonyl (C=O) groups excluding carboxylic acids is 1. The van der Waals surface area contributed by atoms with Crippen LogP contribution >= 0.6 is 0 Å². The van der Waals surface area contributed by atoms with Crippen molar-refractivity contribution < 1.29 is 13.2 Å². The van der Waals surface area contributed by atoms with Gasteiger partial charge < -0.3 is 5.32 Å². The highest BCUT2D eigenvalue weighted by Gasteiger charge is 2.30. The van der Waals surface area contributed by atoms with Crippen molar-refractivity contribution in [1.82, 2.24) is 19.4 Å². The van der Waals surface area contributed by atoms with Crippen LogP contribution in [0.3, 0.4) is 0 Å². The van der Waals surface area contributed by atoms with Crippen molar-refractivity contribution in [2.45, 2.75) is 51.0 Å². The highest BCUT2D eigenvalue weighted by molar-refractivity contribution is 7.89. The van der Waals surface area contributed by atoms with E-state index in [4.69, 9.17) is 5.10 Å². The molecule has 1 fully saturated rings. The lowest BCUT2D eigenvalue weighted by Crippen LogP contribution is -2.39. The van der Waals surface area contributed by atoms with Gasteiger partial charge in [-0.2, -0.15) is 9.40 Å². The second-order valence-electron chi connectivity index (χ2n) is 9.61. The number of benzene rings is 2. The first kappa shape index (κ1) is 25.1. The number of hydrogen-bond acceptors (Lipinski definition) is 4. The molecule has 1 aromatic heterocycles. The number of para-hydroxylation sites is 1. The van der Waals surface area contributed by atoms with Gasteiger partial charge in [0.2, 0.25) is 15.9 Å². The predicted octanol–water partition coefficient (Wildman–Crippen LogP) is 4.18. The fraction of sp³-hybridized carbons (Fsp3) is 0.407. The zero-order valence-electron chi connectivity index (χ0n) is 20.4. The Bertz CT molecular complexity index is 1220. The van der Waals surface area contributed by atoms with Crippen LogP contribution in [0.4, 0.5) is 0 Å². The maximum absolute atomic E-state index is 12.8. The molecule has 0 saturated carbocycles. The van der Waals surface area contributed by atoms with Gasteiger partial charge in [0.15, 0.2) is 0 Å². The molecule has 2 heterocycles. The molecule has 1 amide bonds. The van der Waals surface area contributed by atoms with E-state index in [0.717, 1.165) is 23.5 Å². The van der Waals surface area contributed by atoms with E-state index in [1.54, 1.807) is 30.3 Å². The molecular formula is C27H34N4O3S. The van der Waals surface area contributed by atoms with Gasteiger partial charge in [0.1, 0.15) is 0 Å². The predicted molar refractivity (Wildman–Crippen MR) is 136 cm³/mol. The van der Waals surface area contributed by atoms with Crippen LogP contribution in [0.25, 0.3) is 5.69 Å². The second kappa shape index (κ2) is 11.2. The topological polar surface area (TPSA) is 84.3 Å². The number of amides is 1. The number of nitrogens with zero attached hydrogens (tertiary/aromatic N) is 3. The Morgan fingerprint density at radius 2 is 1.66 bits per heavy atom. The van der Waals surface area contributed by atoms with Crippen molar-refractivity contribution in [2.75, 3.05) is 13.1 Å². The van der Waals surface area contributed by atoms with E-state index in [1.807, 2.05) is 35.0 Å². The number of nitrogens with one attached hydrogen (secondary N) is 1. The molecule has 2 aromatic carbocycles. The number of sulfonamides is 1. The van der Waals surface area contributed by atoms with Gasteiger partial charge >= 0.3 is 0 Å². The summed E-state index contributed by atoms with van der Waals surface area (Å²) in [6.45, 7) is 5.62. The Kier molecular flexibility index (Phi) is 8.03. The zero-order valence-corrected chi connectivity index (χ0v) is 21.2. The normalized spacial score (nSPS) is 15.4. The molecule has 0 atom stereocenters. The Morgan fingerprint density at radius 3 is 2.29 bits per heavy atom. The lowest BCUT2D eigenvalue weighted by Gasteiger charge is -2.30. The molecule has 0 unspecified atom stereocenters. The maximum atomic E-state index is 12.8. The van der Waals surface area contributed by atoms with Crippen LogP contribution in [0, 0.1) is 11.8 Å². The highest BCUT2D eigenvalue weighted by atomic mass is 32.2. The van der Waals surface area contributed by atoms with Gasteiger partial charge in [0, 0.05) is 25.2 Å². The standard InChI is InChI=1S/C27H34N4O3S/c1-21(2)17-25-19-23(29-31(25)24-9-5-3-6-10-24)20-28-27(32)18-22-13-15-30(16-14-22)35(33,34)26-11-7-4-8-12-26/h3-12,19,21-22H,13-18,20H2,1-2H3,(H,28,32). The van der Waals surface area contributed by atoms with Crippen LogP contribution in [0.5, 0.6) is 0 Å². The molecule has 4 rings (SSSR count). The van der Waals surface area contributed by atoms with E-state index in [1.165, 1.54) is 4.31 Å². The fourth-order valence-electron chi connectivity index (χ4n) is 4.54. The van der Waals surface area contributed by atoms with Crippen molar-refractivity contribution in [1.29, 1.82) is 0 Å². The number of rotatable bonds is 9. The molecular weight excluding hydrogens is 460 g/mol. The summed E-state index contributed by atoms with van der Waals surface area (Å²) in [7, 11) is -3.47. The van der Waals surface area contributed by atoms with Gasteiger partial charge in [0.05, 0.1) is 22.8 Å². The SMILES string of the molecule is CC(C)Cc1cc(CNC(=O)CC2CCN(S(=O)(=O)c3ccccc3)CC2)nn1-c1ccccc1. The number of hydrogen-bond donors (Lipinski definition) is 1. The van der Waals surface area contributed by atoms with Crippen LogP contribution in [0.1, 0.15) is 44.5 Å². The molecule has 186 valence electrons. The summed E-state index contributed by atoms with van der Waals surface area (Å²) >= 11 is 0. The van der Waals surface area contributed by atoms with E-state index in [-0.39, 0.29) is 11.8 Å². The minimum atomic E-state index is -3.47. The molecule has 0 aliphatic carbocycles.